The fraction of sp³-hybridized carbons (Fsp3) is 0. The molecule has 4 rings (SSSR count). The lowest BCUT2D eigenvalue weighted by Crippen LogP contribution is -1.94. The number of carbonyl (C=O) groups excluding carboxylic acids is 1. The number of hydrogen-bond donors (Lipinski definition) is 2. The minimum Gasteiger partial charge on any atom is -0.368 e. The van der Waals surface area contributed by atoms with Crippen LogP contribution in [0.25, 0.3) is 33.4 Å². The molecule has 24 heavy (non-hydrogen) atoms. The summed E-state index contributed by atoms with van der Waals surface area (Å²) in [5.74, 6) is 0.232. The SMILES string of the molecule is Nc1nccc(-c2c[nH]c3ncc(-c4ccc(C=O)cc4)cc23)n1. The summed E-state index contributed by atoms with van der Waals surface area (Å²) in [6.45, 7) is 0. The van der Waals surface area contributed by atoms with E-state index in [1.807, 2.05) is 30.5 Å². The molecule has 0 fully saturated rings. The number of pyridine rings is 1. The Labute approximate surface area is 137 Å². The van der Waals surface area contributed by atoms with E-state index in [4.69, 9.17) is 5.73 Å². The molecule has 3 heterocycles. The molecule has 0 saturated heterocycles. The molecule has 0 aliphatic heterocycles. The lowest BCUT2D eigenvalue weighted by molar-refractivity contribution is 0.112. The van der Waals surface area contributed by atoms with Crippen LogP contribution in [0.2, 0.25) is 0 Å². The maximum atomic E-state index is 10.8. The summed E-state index contributed by atoms with van der Waals surface area (Å²) in [4.78, 5) is 26.6. The van der Waals surface area contributed by atoms with Crippen LogP contribution < -0.4 is 5.73 Å². The van der Waals surface area contributed by atoms with Crippen LogP contribution in [0.15, 0.2) is 55.0 Å². The second kappa shape index (κ2) is 5.58. The van der Waals surface area contributed by atoms with Crippen LogP contribution in [-0.4, -0.2) is 26.2 Å². The Balaban J connectivity index is 1.84. The third-order valence-electron chi connectivity index (χ3n) is 3.86. The summed E-state index contributed by atoms with van der Waals surface area (Å²) in [5.41, 5.74) is 10.7. The van der Waals surface area contributed by atoms with Gasteiger partial charge in [-0.05, 0) is 17.7 Å². The van der Waals surface area contributed by atoms with Crippen LogP contribution in [0.4, 0.5) is 5.95 Å². The van der Waals surface area contributed by atoms with Crippen molar-refractivity contribution in [3.8, 4) is 22.4 Å². The Hall–Kier alpha value is -3.54. The van der Waals surface area contributed by atoms with E-state index in [0.717, 1.165) is 39.7 Å². The van der Waals surface area contributed by atoms with Gasteiger partial charge in [0.2, 0.25) is 5.95 Å². The van der Waals surface area contributed by atoms with Crippen molar-refractivity contribution < 1.29 is 4.79 Å². The van der Waals surface area contributed by atoms with Crippen molar-refractivity contribution in [3.05, 3.63) is 60.6 Å². The van der Waals surface area contributed by atoms with E-state index in [2.05, 4.69) is 19.9 Å². The monoisotopic (exact) mass is 315 g/mol. The first-order valence-electron chi connectivity index (χ1n) is 7.36. The highest BCUT2D eigenvalue weighted by Gasteiger charge is 2.10. The largest absolute Gasteiger partial charge is 0.368 e. The molecule has 4 aromatic rings. The van der Waals surface area contributed by atoms with Crippen molar-refractivity contribution in [2.75, 3.05) is 5.73 Å². The van der Waals surface area contributed by atoms with E-state index in [0.29, 0.717) is 5.56 Å². The smallest absolute Gasteiger partial charge is 0.220 e. The molecule has 6 nitrogen and oxygen atoms in total. The normalized spacial score (nSPS) is 10.8. The summed E-state index contributed by atoms with van der Waals surface area (Å²) in [6, 6.07) is 11.2. The highest BCUT2D eigenvalue weighted by Crippen LogP contribution is 2.30. The number of nitrogen functional groups attached to an aromatic ring is 1. The Morgan fingerprint density at radius 1 is 1.04 bits per heavy atom. The van der Waals surface area contributed by atoms with Gasteiger partial charge in [-0.1, -0.05) is 24.3 Å². The quantitative estimate of drug-likeness (QED) is 0.566. The van der Waals surface area contributed by atoms with Crippen LogP contribution in [0, 0.1) is 0 Å². The molecule has 0 aliphatic carbocycles. The van der Waals surface area contributed by atoms with Crippen molar-refractivity contribution in [2.24, 2.45) is 0 Å². The fourth-order valence-electron chi connectivity index (χ4n) is 2.65. The third-order valence-corrected chi connectivity index (χ3v) is 3.86. The lowest BCUT2D eigenvalue weighted by Gasteiger charge is -2.04. The summed E-state index contributed by atoms with van der Waals surface area (Å²) in [7, 11) is 0. The minimum absolute atomic E-state index is 0.232. The molecular weight excluding hydrogens is 302 g/mol. The number of hydrogen-bond acceptors (Lipinski definition) is 5. The first-order valence-corrected chi connectivity index (χ1v) is 7.36. The van der Waals surface area contributed by atoms with Crippen molar-refractivity contribution >= 4 is 23.3 Å². The second-order valence-corrected chi connectivity index (χ2v) is 5.36. The maximum Gasteiger partial charge on any atom is 0.220 e. The van der Waals surface area contributed by atoms with Crippen LogP contribution in [0.3, 0.4) is 0 Å². The topological polar surface area (TPSA) is 97.5 Å². The molecule has 0 spiro atoms. The molecule has 1 aromatic carbocycles. The standard InChI is InChI=1S/C18H13N5O/c19-18-20-6-5-16(23-18)15-9-22-17-14(15)7-13(8-21-17)12-3-1-11(10-24)2-4-12/h1-10H,(H,21,22)(H2,19,20,23). The van der Waals surface area contributed by atoms with Gasteiger partial charge in [-0.15, -0.1) is 0 Å². The average molecular weight is 315 g/mol. The Morgan fingerprint density at radius 2 is 1.88 bits per heavy atom. The number of carbonyl (C=O) groups is 1. The van der Waals surface area contributed by atoms with Gasteiger partial charge in [0.25, 0.3) is 0 Å². The average Bonchev–Trinajstić information content (AvgIpc) is 3.05. The van der Waals surface area contributed by atoms with Crippen LogP contribution in [0.1, 0.15) is 10.4 Å². The highest BCUT2D eigenvalue weighted by atomic mass is 16.1. The Morgan fingerprint density at radius 3 is 2.62 bits per heavy atom. The number of H-pyrrole nitrogens is 1. The first kappa shape index (κ1) is 14.1. The number of anilines is 1. The highest BCUT2D eigenvalue weighted by molar-refractivity contribution is 5.95. The van der Waals surface area contributed by atoms with Gasteiger partial charge in [-0.25, -0.2) is 15.0 Å². The number of aromatic amines is 1. The van der Waals surface area contributed by atoms with Crippen molar-refractivity contribution in [1.82, 2.24) is 19.9 Å². The van der Waals surface area contributed by atoms with E-state index in [1.54, 1.807) is 24.5 Å². The van der Waals surface area contributed by atoms with Crippen LogP contribution in [0.5, 0.6) is 0 Å². The number of nitrogens with two attached hydrogens (primary N) is 1. The van der Waals surface area contributed by atoms with E-state index in [-0.39, 0.29) is 5.95 Å². The molecule has 0 aliphatic rings. The van der Waals surface area contributed by atoms with Gasteiger partial charge in [-0.2, -0.15) is 0 Å². The number of nitrogens with zero attached hydrogens (tertiary/aromatic N) is 3. The summed E-state index contributed by atoms with van der Waals surface area (Å²) in [5, 5.41) is 0.949. The third kappa shape index (κ3) is 2.40. The number of nitrogens with one attached hydrogen (secondary N) is 1. The number of rotatable bonds is 3. The molecule has 3 N–H and O–H groups in total. The van der Waals surface area contributed by atoms with Crippen LogP contribution in [-0.2, 0) is 0 Å². The second-order valence-electron chi connectivity index (χ2n) is 5.36. The maximum absolute atomic E-state index is 10.8. The minimum atomic E-state index is 0.232. The fourth-order valence-corrected chi connectivity index (χ4v) is 2.65. The van der Waals surface area contributed by atoms with Gasteiger partial charge in [0.05, 0.1) is 5.69 Å². The summed E-state index contributed by atoms with van der Waals surface area (Å²) >= 11 is 0. The van der Waals surface area contributed by atoms with E-state index in [1.165, 1.54) is 0 Å². The van der Waals surface area contributed by atoms with Gasteiger partial charge in [0.15, 0.2) is 0 Å². The van der Waals surface area contributed by atoms with Gasteiger partial charge < -0.3 is 10.7 Å². The Kier molecular flexibility index (Phi) is 3.28. The number of aldehydes is 1. The molecule has 116 valence electrons. The van der Waals surface area contributed by atoms with E-state index < -0.39 is 0 Å². The van der Waals surface area contributed by atoms with Gasteiger partial charge >= 0.3 is 0 Å². The van der Waals surface area contributed by atoms with Crippen LogP contribution >= 0.6 is 0 Å². The van der Waals surface area contributed by atoms with Gasteiger partial charge in [0, 0.05) is 40.7 Å². The van der Waals surface area contributed by atoms with Crippen molar-refractivity contribution in [2.45, 2.75) is 0 Å². The summed E-state index contributed by atoms with van der Waals surface area (Å²) in [6.07, 6.45) is 6.12. The molecule has 0 bridgehead atoms. The zero-order valence-electron chi connectivity index (χ0n) is 12.6. The van der Waals surface area contributed by atoms with Crippen molar-refractivity contribution in [1.29, 1.82) is 0 Å². The molecule has 3 aromatic heterocycles. The molecule has 0 saturated carbocycles. The number of aromatic nitrogens is 4. The number of benzene rings is 1. The Bertz CT molecular complexity index is 1040. The zero-order valence-corrected chi connectivity index (χ0v) is 12.6. The van der Waals surface area contributed by atoms with Crippen molar-refractivity contribution in [3.63, 3.8) is 0 Å². The molecule has 6 heteroatoms. The molecule has 0 unspecified atom stereocenters. The summed E-state index contributed by atoms with van der Waals surface area (Å²) < 4.78 is 0. The lowest BCUT2D eigenvalue weighted by atomic mass is 10.0. The van der Waals surface area contributed by atoms with E-state index in [9.17, 15) is 4.79 Å². The predicted molar refractivity (Wildman–Crippen MR) is 92.4 cm³/mol. The molecule has 0 atom stereocenters. The van der Waals surface area contributed by atoms with E-state index >= 15 is 0 Å². The molecule has 0 amide bonds. The van der Waals surface area contributed by atoms with Gasteiger partial charge in [0.1, 0.15) is 11.9 Å². The molecular formula is C18H13N5O. The van der Waals surface area contributed by atoms with Gasteiger partial charge in [-0.3, -0.25) is 4.79 Å². The zero-order chi connectivity index (χ0) is 16.5. The number of fused-ring (bicyclic) bond motifs is 1. The first-order chi connectivity index (χ1) is 11.7. The molecule has 0 radical (unpaired) electrons. The predicted octanol–water partition coefficient (Wildman–Crippen LogP) is 3.08.